The van der Waals surface area contributed by atoms with Crippen LogP contribution in [0.15, 0.2) is 30.3 Å². The van der Waals surface area contributed by atoms with Gasteiger partial charge in [0.1, 0.15) is 5.82 Å². The van der Waals surface area contributed by atoms with Gasteiger partial charge in [0, 0.05) is 5.39 Å². The fourth-order valence-corrected chi connectivity index (χ4v) is 5.13. The molecule has 2 aliphatic rings. The molecular formula is C21H24ClF. The molecule has 2 saturated carbocycles. The maximum absolute atomic E-state index is 14.1. The highest BCUT2D eigenvalue weighted by atomic mass is 35.5. The van der Waals surface area contributed by atoms with Crippen molar-refractivity contribution in [2.75, 3.05) is 0 Å². The molecule has 0 saturated heterocycles. The predicted molar refractivity (Wildman–Crippen MR) is 95.5 cm³/mol. The van der Waals surface area contributed by atoms with Crippen molar-refractivity contribution in [2.45, 2.75) is 51.4 Å². The second-order valence-electron chi connectivity index (χ2n) is 7.79. The first-order valence-corrected chi connectivity index (χ1v) is 9.37. The average molecular weight is 331 g/mol. The van der Waals surface area contributed by atoms with Crippen molar-refractivity contribution in [3.8, 4) is 0 Å². The zero-order valence-corrected chi connectivity index (χ0v) is 14.5. The van der Waals surface area contributed by atoms with Gasteiger partial charge in [-0.15, -0.1) is 0 Å². The standard InChI is InChI=1S/C21H24ClF/c1-13-2-3-15-11-16(5-4-14(15)10-13)17-6-8-19-18(12-17)7-9-20(22)21(19)23/h6-9,12-16H,2-5,10-11H2,1H3/t13-,14?,15-,16?/m1/s1. The number of rotatable bonds is 1. The Morgan fingerprint density at radius 2 is 1.74 bits per heavy atom. The van der Waals surface area contributed by atoms with E-state index in [9.17, 15) is 4.39 Å². The van der Waals surface area contributed by atoms with Gasteiger partial charge in [0.25, 0.3) is 0 Å². The van der Waals surface area contributed by atoms with Crippen molar-refractivity contribution >= 4 is 22.4 Å². The minimum Gasteiger partial charge on any atom is -0.205 e. The molecule has 0 heterocycles. The topological polar surface area (TPSA) is 0 Å². The van der Waals surface area contributed by atoms with E-state index in [1.165, 1.54) is 44.1 Å². The maximum Gasteiger partial charge on any atom is 0.149 e. The predicted octanol–water partition coefficient (Wildman–Crippen LogP) is 6.95. The van der Waals surface area contributed by atoms with Gasteiger partial charge in [-0.05, 0) is 72.8 Å². The molecule has 2 fully saturated rings. The van der Waals surface area contributed by atoms with Crippen LogP contribution in [-0.4, -0.2) is 0 Å². The lowest BCUT2D eigenvalue weighted by Crippen LogP contribution is -2.29. The lowest BCUT2D eigenvalue weighted by Gasteiger charge is -2.41. The van der Waals surface area contributed by atoms with E-state index in [0.29, 0.717) is 11.3 Å². The molecule has 0 bridgehead atoms. The van der Waals surface area contributed by atoms with Crippen LogP contribution in [0.1, 0.15) is 56.9 Å². The molecule has 0 aromatic heterocycles. The number of halogens is 2. The van der Waals surface area contributed by atoms with Gasteiger partial charge in [-0.25, -0.2) is 4.39 Å². The summed E-state index contributed by atoms with van der Waals surface area (Å²) in [5.74, 6) is 3.13. The minimum atomic E-state index is -0.291. The van der Waals surface area contributed by atoms with Crippen molar-refractivity contribution in [3.63, 3.8) is 0 Å². The highest BCUT2D eigenvalue weighted by molar-refractivity contribution is 6.31. The van der Waals surface area contributed by atoms with Crippen molar-refractivity contribution in [1.29, 1.82) is 0 Å². The third-order valence-corrected chi connectivity index (χ3v) is 6.57. The summed E-state index contributed by atoms with van der Waals surface area (Å²) in [7, 11) is 0. The molecule has 0 radical (unpaired) electrons. The normalized spacial score (nSPS) is 31.1. The molecule has 0 N–H and O–H groups in total. The zero-order chi connectivity index (χ0) is 16.0. The summed E-state index contributed by atoms with van der Waals surface area (Å²) in [4.78, 5) is 0. The smallest absolute Gasteiger partial charge is 0.149 e. The molecule has 4 atom stereocenters. The van der Waals surface area contributed by atoms with Crippen LogP contribution < -0.4 is 0 Å². The highest BCUT2D eigenvalue weighted by Crippen LogP contribution is 2.47. The van der Waals surface area contributed by atoms with Crippen LogP contribution in [0.25, 0.3) is 10.8 Å². The van der Waals surface area contributed by atoms with E-state index in [2.05, 4.69) is 19.1 Å². The van der Waals surface area contributed by atoms with E-state index in [4.69, 9.17) is 11.6 Å². The molecule has 2 aromatic carbocycles. The number of hydrogen-bond donors (Lipinski definition) is 0. The largest absolute Gasteiger partial charge is 0.205 e. The van der Waals surface area contributed by atoms with Crippen LogP contribution in [0.2, 0.25) is 5.02 Å². The summed E-state index contributed by atoms with van der Waals surface area (Å²) in [5, 5.41) is 1.83. The second-order valence-corrected chi connectivity index (χ2v) is 8.20. The minimum absolute atomic E-state index is 0.210. The quantitative estimate of drug-likeness (QED) is 0.530. The van der Waals surface area contributed by atoms with Gasteiger partial charge < -0.3 is 0 Å². The van der Waals surface area contributed by atoms with Gasteiger partial charge in [0.15, 0.2) is 0 Å². The van der Waals surface area contributed by atoms with Crippen molar-refractivity contribution in [3.05, 3.63) is 46.7 Å². The van der Waals surface area contributed by atoms with Crippen LogP contribution in [0, 0.1) is 23.6 Å². The van der Waals surface area contributed by atoms with Crippen LogP contribution in [0.3, 0.4) is 0 Å². The summed E-state index contributed by atoms with van der Waals surface area (Å²) in [6.07, 6.45) is 8.20. The van der Waals surface area contributed by atoms with E-state index in [1.54, 1.807) is 6.07 Å². The first kappa shape index (κ1) is 15.4. The third-order valence-electron chi connectivity index (χ3n) is 6.28. The van der Waals surface area contributed by atoms with Gasteiger partial charge in [-0.2, -0.15) is 0 Å². The summed E-state index contributed by atoms with van der Waals surface area (Å²) < 4.78 is 14.1. The molecule has 0 amide bonds. The number of hydrogen-bond acceptors (Lipinski definition) is 0. The van der Waals surface area contributed by atoms with Crippen LogP contribution in [-0.2, 0) is 0 Å². The fraction of sp³-hybridized carbons (Fsp3) is 0.524. The van der Waals surface area contributed by atoms with E-state index in [-0.39, 0.29) is 10.8 Å². The van der Waals surface area contributed by atoms with E-state index >= 15 is 0 Å². The Morgan fingerprint density at radius 3 is 2.61 bits per heavy atom. The molecule has 23 heavy (non-hydrogen) atoms. The number of fused-ring (bicyclic) bond motifs is 2. The van der Waals surface area contributed by atoms with E-state index in [0.717, 1.165) is 23.1 Å². The Labute approximate surface area is 143 Å². The molecule has 2 unspecified atom stereocenters. The van der Waals surface area contributed by atoms with E-state index in [1.807, 2.05) is 12.1 Å². The lowest BCUT2D eigenvalue weighted by atomic mass is 9.64. The van der Waals surface area contributed by atoms with Gasteiger partial charge in [0.05, 0.1) is 5.02 Å². The average Bonchev–Trinajstić information content (AvgIpc) is 2.57. The van der Waals surface area contributed by atoms with Gasteiger partial charge in [-0.3, -0.25) is 0 Å². The Balaban J connectivity index is 1.59. The summed E-state index contributed by atoms with van der Waals surface area (Å²) in [5.41, 5.74) is 1.39. The van der Waals surface area contributed by atoms with Crippen molar-refractivity contribution in [1.82, 2.24) is 0 Å². The second kappa shape index (κ2) is 6.09. The molecule has 2 heteroatoms. The Kier molecular flexibility index (Phi) is 4.09. The molecule has 122 valence electrons. The fourth-order valence-electron chi connectivity index (χ4n) is 4.96. The highest BCUT2D eigenvalue weighted by Gasteiger charge is 2.34. The summed E-state index contributed by atoms with van der Waals surface area (Å²) in [6.45, 7) is 2.41. The maximum atomic E-state index is 14.1. The summed E-state index contributed by atoms with van der Waals surface area (Å²) >= 11 is 5.89. The molecule has 2 aliphatic carbocycles. The van der Waals surface area contributed by atoms with Crippen molar-refractivity contribution in [2.24, 2.45) is 17.8 Å². The van der Waals surface area contributed by atoms with Crippen LogP contribution in [0.4, 0.5) is 4.39 Å². The van der Waals surface area contributed by atoms with Gasteiger partial charge >= 0.3 is 0 Å². The molecular weight excluding hydrogens is 307 g/mol. The Morgan fingerprint density at radius 1 is 0.957 bits per heavy atom. The zero-order valence-electron chi connectivity index (χ0n) is 13.7. The van der Waals surface area contributed by atoms with Crippen LogP contribution in [0.5, 0.6) is 0 Å². The SMILES string of the molecule is C[C@@H]1CC[C@@H]2CC(c3ccc4c(F)c(Cl)ccc4c3)CCC2C1. The van der Waals surface area contributed by atoms with Gasteiger partial charge in [0.2, 0.25) is 0 Å². The molecule has 0 nitrogen and oxygen atoms in total. The lowest BCUT2D eigenvalue weighted by molar-refractivity contribution is 0.124. The first-order chi connectivity index (χ1) is 11.1. The molecule has 0 aliphatic heterocycles. The van der Waals surface area contributed by atoms with Gasteiger partial charge in [-0.1, -0.05) is 49.2 Å². The Bertz CT molecular complexity index is 723. The molecule has 2 aromatic rings. The third kappa shape index (κ3) is 2.89. The van der Waals surface area contributed by atoms with E-state index < -0.39 is 0 Å². The first-order valence-electron chi connectivity index (χ1n) is 8.99. The molecule has 4 rings (SSSR count). The molecule has 0 spiro atoms. The monoisotopic (exact) mass is 330 g/mol. The summed E-state index contributed by atoms with van der Waals surface area (Å²) in [6, 6.07) is 9.84. The van der Waals surface area contributed by atoms with Crippen molar-refractivity contribution < 1.29 is 4.39 Å². The van der Waals surface area contributed by atoms with Crippen LogP contribution >= 0.6 is 11.6 Å². The Hall–Kier alpha value is -1.08. The number of benzene rings is 2.